The highest BCUT2D eigenvalue weighted by Gasteiger charge is 2.46. The molecule has 0 saturated carbocycles. The molecule has 19 nitrogen and oxygen atoms in total. The van der Waals surface area contributed by atoms with Crippen molar-refractivity contribution in [2.24, 2.45) is 0 Å². The van der Waals surface area contributed by atoms with E-state index in [1.807, 2.05) is 0 Å². The van der Waals surface area contributed by atoms with Crippen molar-refractivity contribution in [3.05, 3.63) is 16.7 Å². The summed E-state index contributed by atoms with van der Waals surface area (Å²) in [4.78, 5) is 52.1. The fourth-order valence-electron chi connectivity index (χ4n) is 3.10. The molecule has 204 valence electrons. The Bertz CT molecular complexity index is 1280. The van der Waals surface area contributed by atoms with Crippen LogP contribution in [-0.4, -0.2) is 75.9 Å². The van der Waals surface area contributed by atoms with Crippen LogP contribution in [0.2, 0.25) is 0 Å². The number of phosphoric acid groups is 1. The molecule has 0 aromatic carbocycles. The fourth-order valence-corrected chi connectivity index (χ4v) is 7.10. The van der Waals surface area contributed by atoms with Crippen LogP contribution in [0, 0.1) is 0 Å². The van der Waals surface area contributed by atoms with Crippen LogP contribution in [0.15, 0.2) is 11.1 Å². The van der Waals surface area contributed by atoms with Gasteiger partial charge >= 0.3 is 23.3 Å². The van der Waals surface area contributed by atoms with Crippen molar-refractivity contribution >= 4 is 40.4 Å². The summed E-state index contributed by atoms with van der Waals surface area (Å²) in [5, 5.41) is 20.7. The molecule has 1 fully saturated rings. The number of phosphoric ester groups is 1. The number of anilines is 1. The van der Waals surface area contributed by atoms with Crippen molar-refractivity contribution in [3.63, 3.8) is 0 Å². The zero-order valence-electron chi connectivity index (χ0n) is 18.5. The number of hydrogen-bond donors (Lipinski definition) is 8. The number of nitrogen functional groups attached to an aromatic ring is 1. The highest BCUT2D eigenvalue weighted by atomic mass is 31.3. The Morgan fingerprint density at radius 3 is 2.56 bits per heavy atom. The number of aliphatic hydroxyl groups is 2. The van der Waals surface area contributed by atoms with Gasteiger partial charge in [-0.25, -0.2) is 18.7 Å². The van der Waals surface area contributed by atoms with Crippen molar-refractivity contribution in [1.29, 1.82) is 0 Å². The lowest BCUT2D eigenvalue weighted by Crippen LogP contribution is -2.33. The lowest BCUT2D eigenvalue weighted by atomic mass is 10.1. The molecule has 36 heavy (non-hydrogen) atoms. The van der Waals surface area contributed by atoms with Gasteiger partial charge in [-0.05, 0) is 6.42 Å². The number of imidazole rings is 1. The third-order valence-corrected chi connectivity index (χ3v) is 9.44. The van der Waals surface area contributed by atoms with Crippen molar-refractivity contribution in [3.8, 4) is 0 Å². The largest absolute Gasteiger partial charge is 0.480 e. The summed E-state index contributed by atoms with van der Waals surface area (Å²) < 4.78 is 55.6. The first kappa shape index (κ1) is 29.0. The van der Waals surface area contributed by atoms with Crippen LogP contribution in [0.25, 0.3) is 11.2 Å². The number of hydrogen-bond acceptors (Lipinski definition) is 13. The van der Waals surface area contributed by atoms with Crippen LogP contribution >= 0.6 is 23.3 Å². The number of fused-ring (bicyclic) bond motifs is 1. The SMILES string of the molecule is CCCCOP(=O)(O)NP(=O)(O)OP(=O)(O)OCC1OC(n2cnc3c(=O)[nH]c(N)nc32)C(O)C1O. The van der Waals surface area contributed by atoms with Crippen LogP contribution in [-0.2, 0) is 31.8 Å². The van der Waals surface area contributed by atoms with Crippen molar-refractivity contribution in [2.45, 2.75) is 44.3 Å². The van der Waals surface area contributed by atoms with Gasteiger partial charge in [0, 0.05) is 0 Å². The highest BCUT2D eigenvalue weighted by molar-refractivity contribution is 7.71. The smallest absolute Gasteiger partial charge is 0.387 e. The monoisotopic (exact) mass is 578 g/mol. The van der Waals surface area contributed by atoms with E-state index in [4.69, 9.17) is 10.5 Å². The van der Waals surface area contributed by atoms with Gasteiger partial charge in [-0.3, -0.25) is 23.4 Å². The number of rotatable bonds is 12. The first-order valence-electron chi connectivity index (χ1n) is 10.2. The Morgan fingerprint density at radius 2 is 1.89 bits per heavy atom. The molecule has 2 aromatic heterocycles. The Morgan fingerprint density at radius 1 is 1.19 bits per heavy atom. The lowest BCUT2D eigenvalue weighted by molar-refractivity contribution is -0.0501. The molecule has 0 amide bonds. The van der Waals surface area contributed by atoms with Gasteiger partial charge < -0.3 is 35.4 Å². The first-order chi connectivity index (χ1) is 16.6. The van der Waals surface area contributed by atoms with Gasteiger partial charge in [0.2, 0.25) is 5.95 Å². The lowest BCUT2D eigenvalue weighted by Gasteiger charge is -2.21. The third kappa shape index (κ3) is 7.05. The zero-order chi connectivity index (χ0) is 26.9. The predicted molar refractivity (Wildman–Crippen MR) is 119 cm³/mol. The summed E-state index contributed by atoms with van der Waals surface area (Å²) in [6.07, 6.45) is -4.22. The molecule has 22 heteroatoms. The van der Waals surface area contributed by atoms with E-state index in [1.54, 1.807) is 6.92 Å². The van der Waals surface area contributed by atoms with Crippen LogP contribution in [0.1, 0.15) is 26.0 Å². The molecule has 3 rings (SSSR count). The number of ether oxygens (including phenoxy) is 1. The number of aromatic amines is 1. The average Bonchev–Trinajstić information content (AvgIpc) is 3.26. The standard InChI is InChI=1S/C14H25N6O13P3/c1-2-3-4-30-34(24,25)19-35(26,27)33-36(28,29)31-5-7-9(21)10(22)13(32-7)20-6-16-8-11(20)17-14(15)18-12(8)23/h6-7,9-10,13,21-22H,2-5H2,1H3,(H,28,29)(H3,15,17,18,23)(H3,19,24,25,26,27). The second kappa shape index (κ2) is 11.0. The molecule has 9 N–H and O–H groups in total. The Labute approximate surface area is 202 Å². The van der Waals surface area contributed by atoms with Crippen molar-refractivity contribution in [2.75, 3.05) is 18.9 Å². The molecule has 2 aromatic rings. The summed E-state index contributed by atoms with van der Waals surface area (Å²) in [5.41, 5.74) is 4.60. The molecule has 1 saturated heterocycles. The second-order valence-corrected chi connectivity index (χ2v) is 12.5. The molecule has 3 heterocycles. The van der Waals surface area contributed by atoms with Crippen LogP contribution in [0.4, 0.5) is 5.95 Å². The molecule has 1 aliphatic heterocycles. The molecule has 7 unspecified atom stereocenters. The topological polar surface area (TPSA) is 291 Å². The molecule has 0 bridgehead atoms. The summed E-state index contributed by atoms with van der Waals surface area (Å²) >= 11 is 0. The minimum absolute atomic E-state index is 0.0906. The highest BCUT2D eigenvalue weighted by Crippen LogP contribution is 2.62. The molecular formula is C14H25N6O13P3. The van der Waals surface area contributed by atoms with E-state index in [0.717, 1.165) is 10.9 Å². The Balaban J connectivity index is 1.65. The minimum atomic E-state index is -5.41. The van der Waals surface area contributed by atoms with E-state index in [2.05, 4.69) is 28.3 Å². The van der Waals surface area contributed by atoms with E-state index in [0.29, 0.717) is 12.8 Å². The second-order valence-electron chi connectivity index (χ2n) is 7.50. The summed E-state index contributed by atoms with van der Waals surface area (Å²) in [5.74, 6) is -0.259. The van der Waals surface area contributed by atoms with Gasteiger partial charge in [-0.15, -0.1) is 4.86 Å². The third-order valence-electron chi connectivity index (χ3n) is 4.69. The summed E-state index contributed by atoms with van der Waals surface area (Å²) in [6.45, 7) is 0.568. The van der Waals surface area contributed by atoms with Crippen LogP contribution < -0.4 is 16.2 Å². The normalized spacial score (nSPS) is 27.5. The molecule has 7 atom stereocenters. The van der Waals surface area contributed by atoms with E-state index < -0.39 is 60.0 Å². The maximum Gasteiger partial charge on any atom is 0.480 e. The number of nitrogens with zero attached hydrogens (tertiary/aromatic N) is 3. The maximum absolute atomic E-state index is 12.1. The first-order valence-corrected chi connectivity index (χ1v) is 14.8. The van der Waals surface area contributed by atoms with Crippen LogP contribution in [0.3, 0.4) is 0 Å². The van der Waals surface area contributed by atoms with Gasteiger partial charge in [-0.1, -0.05) is 13.3 Å². The fraction of sp³-hybridized carbons (Fsp3) is 0.643. The van der Waals surface area contributed by atoms with Crippen molar-refractivity contribution in [1.82, 2.24) is 24.4 Å². The Hall–Kier alpha value is -1.56. The van der Waals surface area contributed by atoms with Gasteiger partial charge in [0.1, 0.15) is 18.3 Å². The molecular weight excluding hydrogens is 553 g/mol. The zero-order valence-corrected chi connectivity index (χ0v) is 21.2. The van der Waals surface area contributed by atoms with E-state index >= 15 is 0 Å². The van der Waals surface area contributed by atoms with Crippen LogP contribution in [0.5, 0.6) is 0 Å². The minimum Gasteiger partial charge on any atom is -0.387 e. The summed E-state index contributed by atoms with van der Waals surface area (Å²) in [7, 11) is -15.7. The van der Waals surface area contributed by atoms with E-state index in [-0.39, 0.29) is 23.7 Å². The van der Waals surface area contributed by atoms with Gasteiger partial charge in [-0.2, -0.15) is 9.29 Å². The van der Waals surface area contributed by atoms with Gasteiger partial charge in [0.15, 0.2) is 17.4 Å². The van der Waals surface area contributed by atoms with Gasteiger partial charge in [0.25, 0.3) is 5.56 Å². The van der Waals surface area contributed by atoms with Gasteiger partial charge in [0.05, 0.1) is 19.5 Å². The number of nitrogens with one attached hydrogen (secondary N) is 2. The summed E-state index contributed by atoms with van der Waals surface area (Å²) in [6, 6.07) is 0. The van der Waals surface area contributed by atoms with E-state index in [9.17, 15) is 43.4 Å². The number of unbranched alkanes of at least 4 members (excludes halogenated alkanes) is 1. The Kier molecular flexibility index (Phi) is 8.90. The number of nitrogens with two attached hydrogens (primary N) is 1. The quantitative estimate of drug-likeness (QED) is 0.111. The molecule has 0 radical (unpaired) electrons. The predicted octanol–water partition coefficient (Wildman–Crippen LogP) is -0.938. The molecule has 1 aliphatic rings. The van der Waals surface area contributed by atoms with E-state index in [1.165, 1.54) is 4.86 Å². The number of aromatic nitrogens is 4. The average molecular weight is 578 g/mol. The molecule has 0 spiro atoms. The number of aliphatic hydroxyl groups excluding tert-OH is 2. The number of H-pyrrole nitrogens is 1. The molecule has 0 aliphatic carbocycles. The van der Waals surface area contributed by atoms with Crippen molar-refractivity contribution < 1.29 is 56.7 Å². The maximum atomic E-state index is 12.1.